The first-order valence-corrected chi connectivity index (χ1v) is 7.24. The van der Waals surface area contributed by atoms with Crippen molar-refractivity contribution in [2.24, 2.45) is 11.7 Å². The number of hydrogen-bond donors (Lipinski definition) is 1. The third kappa shape index (κ3) is 4.94. The number of likely N-dealkylation sites (tertiary alicyclic amines) is 1. The Morgan fingerprint density at radius 2 is 1.94 bits per heavy atom. The lowest BCUT2D eigenvalue weighted by molar-refractivity contribution is -0.00600. The molecule has 0 aromatic rings. The van der Waals surface area contributed by atoms with E-state index in [0.29, 0.717) is 12.1 Å². The van der Waals surface area contributed by atoms with E-state index in [-0.39, 0.29) is 0 Å². The molecule has 0 spiro atoms. The topological polar surface area (TPSA) is 38.5 Å². The van der Waals surface area contributed by atoms with E-state index in [1.165, 1.54) is 32.4 Å². The van der Waals surface area contributed by atoms with Crippen molar-refractivity contribution in [3.63, 3.8) is 0 Å². The predicted octanol–water partition coefficient (Wildman–Crippen LogP) is 2.25. The zero-order valence-electron chi connectivity index (χ0n) is 11.8. The van der Waals surface area contributed by atoms with Gasteiger partial charge in [0.25, 0.3) is 0 Å². The molecule has 3 heteroatoms. The van der Waals surface area contributed by atoms with Crippen LogP contribution in [0, 0.1) is 5.92 Å². The Kier molecular flexibility index (Phi) is 7.09. The van der Waals surface area contributed by atoms with Crippen LogP contribution in [0.1, 0.15) is 46.5 Å². The molecular weight excluding hydrogens is 212 g/mol. The molecule has 0 aromatic carbocycles. The van der Waals surface area contributed by atoms with E-state index in [1.54, 1.807) is 0 Å². The smallest absolute Gasteiger partial charge is 0.0599 e. The van der Waals surface area contributed by atoms with Crippen LogP contribution in [0.2, 0.25) is 0 Å². The second-order valence-electron chi connectivity index (χ2n) is 5.37. The Hall–Kier alpha value is -0.120. The molecule has 1 rings (SSSR count). The summed E-state index contributed by atoms with van der Waals surface area (Å²) < 4.78 is 5.83. The van der Waals surface area contributed by atoms with Crippen LogP contribution in [0.3, 0.4) is 0 Å². The molecule has 0 saturated carbocycles. The molecule has 1 aliphatic heterocycles. The molecule has 0 bridgehead atoms. The van der Waals surface area contributed by atoms with Crippen molar-refractivity contribution in [2.45, 2.75) is 58.6 Å². The number of piperidine rings is 1. The minimum atomic E-state index is 0.474. The Labute approximate surface area is 107 Å². The van der Waals surface area contributed by atoms with Crippen LogP contribution < -0.4 is 5.73 Å². The van der Waals surface area contributed by atoms with Crippen molar-refractivity contribution in [3.8, 4) is 0 Å². The van der Waals surface area contributed by atoms with Gasteiger partial charge in [0.15, 0.2) is 0 Å². The largest absolute Gasteiger partial charge is 0.378 e. The van der Waals surface area contributed by atoms with Gasteiger partial charge in [-0.25, -0.2) is 0 Å². The summed E-state index contributed by atoms with van der Waals surface area (Å²) in [7, 11) is 0. The summed E-state index contributed by atoms with van der Waals surface area (Å²) in [5.74, 6) is 0.796. The first-order valence-electron chi connectivity index (χ1n) is 7.24. The van der Waals surface area contributed by atoms with Crippen LogP contribution >= 0.6 is 0 Å². The third-order valence-corrected chi connectivity index (χ3v) is 4.22. The lowest BCUT2D eigenvalue weighted by Crippen LogP contribution is -2.44. The average molecular weight is 242 g/mol. The van der Waals surface area contributed by atoms with Crippen LogP contribution in [0.4, 0.5) is 0 Å². The molecule has 0 amide bonds. The summed E-state index contributed by atoms with van der Waals surface area (Å²) in [6.07, 6.45) is 5.11. The van der Waals surface area contributed by atoms with Gasteiger partial charge in [0, 0.05) is 25.7 Å². The highest BCUT2D eigenvalue weighted by atomic mass is 16.5. The van der Waals surface area contributed by atoms with E-state index >= 15 is 0 Å². The molecule has 1 heterocycles. The summed E-state index contributed by atoms with van der Waals surface area (Å²) in [6, 6.07) is 0.713. The highest BCUT2D eigenvalue weighted by molar-refractivity contribution is 4.79. The standard InChI is InChI=1S/C14H30N2O/c1-4-12(2)13(3)16-9-6-14(7-10-16)17-11-5-8-15/h12-14H,4-11,15H2,1-3H3. The van der Waals surface area contributed by atoms with Crippen LogP contribution in [-0.4, -0.2) is 43.3 Å². The molecule has 1 saturated heterocycles. The van der Waals surface area contributed by atoms with E-state index < -0.39 is 0 Å². The van der Waals surface area contributed by atoms with Crippen molar-refractivity contribution in [1.29, 1.82) is 0 Å². The van der Waals surface area contributed by atoms with Gasteiger partial charge in [0.1, 0.15) is 0 Å². The highest BCUT2D eigenvalue weighted by Gasteiger charge is 2.25. The van der Waals surface area contributed by atoms with Gasteiger partial charge in [-0.1, -0.05) is 20.3 Å². The van der Waals surface area contributed by atoms with E-state index in [0.717, 1.165) is 25.5 Å². The minimum Gasteiger partial charge on any atom is -0.378 e. The fraction of sp³-hybridized carbons (Fsp3) is 1.00. The van der Waals surface area contributed by atoms with Crippen molar-refractivity contribution in [3.05, 3.63) is 0 Å². The summed E-state index contributed by atoms with van der Waals surface area (Å²) in [5.41, 5.74) is 5.47. The van der Waals surface area contributed by atoms with Crippen molar-refractivity contribution < 1.29 is 4.74 Å². The SMILES string of the molecule is CCC(C)C(C)N1CCC(OCCCN)CC1. The molecular formula is C14H30N2O. The first kappa shape index (κ1) is 14.9. The zero-order chi connectivity index (χ0) is 12.7. The fourth-order valence-electron chi connectivity index (χ4n) is 2.48. The molecule has 17 heavy (non-hydrogen) atoms. The molecule has 0 aliphatic carbocycles. The maximum atomic E-state index is 5.83. The molecule has 102 valence electrons. The van der Waals surface area contributed by atoms with Crippen LogP contribution in [-0.2, 0) is 4.74 Å². The van der Waals surface area contributed by atoms with E-state index in [9.17, 15) is 0 Å². The second kappa shape index (κ2) is 8.06. The summed E-state index contributed by atoms with van der Waals surface area (Å²) in [5, 5.41) is 0. The molecule has 1 aliphatic rings. The Balaban J connectivity index is 2.21. The normalized spacial score (nSPS) is 22.6. The van der Waals surface area contributed by atoms with E-state index in [4.69, 9.17) is 10.5 Å². The summed E-state index contributed by atoms with van der Waals surface area (Å²) >= 11 is 0. The van der Waals surface area contributed by atoms with Gasteiger partial charge < -0.3 is 15.4 Å². The Morgan fingerprint density at radius 3 is 2.47 bits per heavy atom. The maximum Gasteiger partial charge on any atom is 0.0599 e. The predicted molar refractivity (Wildman–Crippen MR) is 73.1 cm³/mol. The highest BCUT2D eigenvalue weighted by Crippen LogP contribution is 2.21. The average Bonchev–Trinajstić information content (AvgIpc) is 2.38. The van der Waals surface area contributed by atoms with Crippen molar-refractivity contribution in [2.75, 3.05) is 26.2 Å². The summed E-state index contributed by atoms with van der Waals surface area (Å²) in [6.45, 7) is 11.0. The number of nitrogens with two attached hydrogens (primary N) is 1. The number of rotatable bonds is 7. The van der Waals surface area contributed by atoms with Gasteiger partial charge in [-0.15, -0.1) is 0 Å². The molecule has 1 fully saturated rings. The van der Waals surface area contributed by atoms with Gasteiger partial charge in [-0.05, 0) is 38.6 Å². The molecule has 2 unspecified atom stereocenters. The third-order valence-electron chi connectivity index (χ3n) is 4.22. The Morgan fingerprint density at radius 1 is 1.29 bits per heavy atom. The van der Waals surface area contributed by atoms with Crippen LogP contribution in [0.15, 0.2) is 0 Å². The number of nitrogens with zero attached hydrogens (tertiary/aromatic N) is 1. The van der Waals surface area contributed by atoms with Crippen molar-refractivity contribution in [1.82, 2.24) is 4.90 Å². The Bertz CT molecular complexity index is 191. The number of ether oxygens (including phenoxy) is 1. The quantitative estimate of drug-likeness (QED) is 0.696. The molecule has 2 atom stereocenters. The van der Waals surface area contributed by atoms with E-state index in [2.05, 4.69) is 25.7 Å². The van der Waals surface area contributed by atoms with E-state index in [1.807, 2.05) is 0 Å². The van der Waals surface area contributed by atoms with Crippen LogP contribution in [0.25, 0.3) is 0 Å². The van der Waals surface area contributed by atoms with Gasteiger partial charge in [-0.2, -0.15) is 0 Å². The second-order valence-corrected chi connectivity index (χ2v) is 5.37. The van der Waals surface area contributed by atoms with Gasteiger partial charge >= 0.3 is 0 Å². The van der Waals surface area contributed by atoms with Crippen molar-refractivity contribution >= 4 is 0 Å². The summed E-state index contributed by atoms with van der Waals surface area (Å²) in [4.78, 5) is 2.62. The van der Waals surface area contributed by atoms with Gasteiger partial charge in [0.05, 0.1) is 6.10 Å². The maximum absolute atomic E-state index is 5.83. The van der Waals surface area contributed by atoms with Crippen LogP contribution in [0.5, 0.6) is 0 Å². The monoisotopic (exact) mass is 242 g/mol. The van der Waals surface area contributed by atoms with Gasteiger partial charge in [-0.3, -0.25) is 0 Å². The molecule has 3 nitrogen and oxygen atoms in total. The molecule has 2 N–H and O–H groups in total. The zero-order valence-corrected chi connectivity index (χ0v) is 11.8. The first-order chi connectivity index (χ1) is 8.19. The number of hydrogen-bond acceptors (Lipinski definition) is 3. The lowest BCUT2D eigenvalue weighted by atomic mass is 9.96. The molecule has 0 radical (unpaired) electrons. The fourth-order valence-corrected chi connectivity index (χ4v) is 2.48. The minimum absolute atomic E-state index is 0.474. The molecule has 0 aromatic heterocycles. The lowest BCUT2D eigenvalue weighted by Gasteiger charge is -2.38. The van der Waals surface area contributed by atoms with Gasteiger partial charge in [0.2, 0.25) is 0 Å².